The standard InChI is InChI=1S/C16H18BrN3OS/c17-14-6-2-1-5-13(14)15(21)18-8-7-12-11-22-16(19-12)20-9-3-4-10-20/h1-2,5-6,11H,3-4,7-10H2,(H,18,21). The van der Waals surface area contributed by atoms with Gasteiger partial charge >= 0.3 is 0 Å². The lowest BCUT2D eigenvalue weighted by Crippen LogP contribution is -2.26. The van der Waals surface area contributed by atoms with Crippen LogP contribution in [0.3, 0.4) is 0 Å². The summed E-state index contributed by atoms with van der Waals surface area (Å²) in [5, 5.41) is 6.16. The Kier molecular flexibility index (Phi) is 5.10. The number of rotatable bonds is 5. The molecule has 1 aromatic heterocycles. The van der Waals surface area contributed by atoms with E-state index in [2.05, 4.69) is 36.5 Å². The van der Waals surface area contributed by atoms with E-state index in [4.69, 9.17) is 0 Å². The minimum Gasteiger partial charge on any atom is -0.352 e. The fourth-order valence-corrected chi connectivity index (χ4v) is 3.89. The molecule has 22 heavy (non-hydrogen) atoms. The first kappa shape index (κ1) is 15.5. The number of hydrogen-bond acceptors (Lipinski definition) is 4. The molecule has 1 aliphatic heterocycles. The molecule has 116 valence electrons. The predicted molar refractivity (Wildman–Crippen MR) is 93.7 cm³/mol. The fraction of sp³-hybridized carbons (Fsp3) is 0.375. The molecule has 1 N–H and O–H groups in total. The van der Waals surface area contributed by atoms with Crippen molar-refractivity contribution in [1.29, 1.82) is 0 Å². The van der Waals surface area contributed by atoms with Crippen LogP contribution < -0.4 is 10.2 Å². The molecule has 1 saturated heterocycles. The van der Waals surface area contributed by atoms with Crippen LogP contribution in [0.25, 0.3) is 0 Å². The van der Waals surface area contributed by atoms with Crippen molar-refractivity contribution in [2.45, 2.75) is 19.3 Å². The second-order valence-corrected chi connectivity index (χ2v) is 6.99. The predicted octanol–water partition coefficient (Wildman–Crippen LogP) is 3.48. The van der Waals surface area contributed by atoms with Crippen molar-refractivity contribution in [3.8, 4) is 0 Å². The average molecular weight is 380 g/mol. The highest BCUT2D eigenvalue weighted by atomic mass is 79.9. The first-order valence-corrected chi connectivity index (χ1v) is 9.13. The number of amides is 1. The van der Waals surface area contributed by atoms with E-state index in [1.807, 2.05) is 24.3 Å². The second-order valence-electron chi connectivity index (χ2n) is 5.30. The Morgan fingerprint density at radius 1 is 1.32 bits per heavy atom. The van der Waals surface area contributed by atoms with E-state index < -0.39 is 0 Å². The average Bonchev–Trinajstić information content (AvgIpc) is 3.18. The van der Waals surface area contributed by atoms with E-state index in [-0.39, 0.29) is 5.91 Å². The van der Waals surface area contributed by atoms with Crippen LogP contribution in [-0.2, 0) is 6.42 Å². The summed E-state index contributed by atoms with van der Waals surface area (Å²) in [5.74, 6) is -0.0533. The van der Waals surface area contributed by atoms with Gasteiger partial charge < -0.3 is 10.2 Å². The SMILES string of the molecule is O=C(NCCc1csc(N2CCCC2)n1)c1ccccc1Br. The summed E-state index contributed by atoms with van der Waals surface area (Å²) in [5.41, 5.74) is 1.72. The maximum atomic E-state index is 12.1. The number of nitrogens with zero attached hydrogens (tertiary/aromatic N) is 2. The van der Waals surface area contributed by atoms with Gasteiger partial charge in [-0.25, -0.2) is 4.98 Å². The normalized spacial score (nSPS) is 14.3. The maximum Gasteiger partial charge on any atom is 0.252 e. The highest BCUT2D eigenvalue weighted by Crippen LogP contribution is 2.24. The number of nitrogens with one attached hydrogen (secondary N) is 1. The Balaban J connectivity index is 1.51. The third kappa shape index (κ3) is 3.67. The fourth-order valence-electron chi connectivity index (χ4n) is 2.51. The van der Waals surface area contributed by atoms with Crippen LogP contribution in [0.15, 0.2) is 34.1 Å². The van der Waals surface area contributed by atoms with Gasteiger partial charge in [-0.05, 0) is 40.9 Å². The Morgan fingerprint density at radius 2 is 2.09 bits per heavy atom. The van der Waals surface area contributed by atoms with Crippen LogP contribution >= 0.6 is 27.3 Å². The lowest BCUT2D eigenvalue weighted by atomic mass is 10.2. The summed E-state index contributed by atoms with van der Waals surface area (Å²) in [4.78, 5) is 19.1. The topological polar surface area (TPSA) is 45.2 Å². The highest BCUT2D eigenvalue weighted by molar-refractivity contribution is 9.10. The molecule has 1 aliphatic rings. The number of anilines is 1. The third-order valence-corrected chi connectivity index (χ3v) is 5.34. The molecule has 1 aromatic carbocycles. The molecule has 2 heterocycles. The summed E-state index contributed by atoms with van der Waals surface area (Å²) in [6, 6.07) is 7.45. The van der Waals surface area contributed by atoms with Crippen LogP contribution in [0.1, 0.15) is 28.9 Å². The highest BCUT2D eigenvalue weighted by Gasteiger charge is 2.15. The molecule has 0 radical (unpaired) electrons. The Bertz CT molecular complexity index is 652. The van der Waals surface area contributed by atoms with Crippen LogP contribution in [0, 0.1) is 0 Å². The smallest absolute Gasteiger partial charge is 0.252 e. The van der Waals surface area contributed by atoms with Crippen LogP contribution in [0.5, 0.6) is 0 Å². The van der Waals surface area contributed by atoms with E-state index >= 15 is 0 Å². The molecule has 0 atom stereocenters. The molecule has 0 unspecified atom stereocenters. The van der Waals surface area contributed by atoms with Crippen molar-refractivity contribution in [3.05, 3.63) is 45.4 Å². The molecule has 1 fully saturated rings. The molecule has 2 aromatic rings. The number of carbonyl (C=O) groups excluding carboxylic acids is 1. The van der Waals surface area contributed by atoms with Gasteiger partial charge in [0, 0.05) is 35.9 Å². The van der Waals surface area contributed by atoms with Crippen molar-refractivity contribution in [1.82, 2.24) is 10.3 Å². The Labute approximate surface area is 142 Å². The Hall–Kier alpha value is -1.40. The number of thiazole rings is 1. The molecular weight excluding hydrogens is 362 g/mol. The number of aromatic nitrogens is 1. The van der Waals surface area contributed by atoms with Gasteiger partial charge in [-0.15, -0.1) is 11.3 Å². The zero-order chi connectivity index (χ0) is 15.4. The van der Waals surface area contributed by atoms with Gasteiger partial charge in [-0.1, -0.05) is 12.1 Å². The van der Waals surface area contributed by atoms with Crippen molar-refractivity contribution >= 4 is 38.3 Å². The summed E-state index contributed by atoms with van der Waals surface area (Å²) in [6.45, 7) is 2.83. The molecule has 0 bridgehead atoms. The third-order valence-electron chi connectivity index (χ3n) is 3.70. The monoisotopic (exact) mass is 379 g/mol. The zero-order valence-corrected chi connectivity index (χ0v) is 14.6. The van der Waals surface area contributed by atoms with Gasteiger partial charge in [-0.3, -0.25) is 4.79 Å². The summed E-state index contributed by atoms with van der Waals surface area (Å²) >= 11 is 5.10. The van der Waals surface area contributed by atoms with Gasteiger partial charge in [0.1, 0.15) is 0 Å². The molecule has 6 heteroatoms. The number of carbonyl (C=O) groups is 1. The van der Waals surface area contributed by atoms with Crippen molar-refractivity contribution < 1.29 is 4.79 Å². The van der Waals surface area contributed by atoms with E-state index in [1.165, 1.54) is 12.8 Å². The zero-order valence-electron chi connectivity index (χ0n) is 12.2. The summed E-state index contributed by atoms with van der Waals surface area (Å²) in [6.07, 6.45) is 3.29. The quantitative estimate of drug-likeness (QED) is 0.864. The van der Waals surface area contributed by atoms with E-state index in [0.717, 1.165) is 34.8 Å². The minimum absolute atomic E-state index is 0.0533. The minimum atomic E-state index is -0.0533. The van der Waals surface area contributed by atoms with E-state index in [0.29, 0.717) is 12.1 Å². The molecule has 4 nitrogen and oxygen atoms in total. The van der Waals surface area contributed by atoms with Gasteiger partial charge in [0.2, 0.25) is 0 Å². The lowest BCUT2D eigenvalue weighted by molar-refractivity contribution is 0.0953. The van der Waals surface area contributed by atoms with Crippen molar-refractivity contribution in [3.63, 3.8) is 0 Å². The summed E-state index contributed by atoms with van der Waals surface area (Å²) < 4.78 is 0.817. The van der Waals surface area contributed by atoms with Crippen LogP contribution in [0.2, 0.25) is 0 Å². The Morgan fingerprint density at radius 3 is 2.86 bits per heavy atom. The summed E-state index contributed by atoms with van der Waals surface area (Å²) in [7, 11) is 0. The van der Waals surface area contributed by atoms with Gasteiger partial charge in [0.15, 0.2) is 5.13 Å². The molecular formula is C16H18BrN3OS. The second kappa shape index (κ2) is 7.24. The number of benzene rings is 1. The van der Waals surface area contributed by atoms with Crippen molar-refractivity contribution in [2.75, 3.05) is 24.5 Å². The molecule has 3 rings (SSSR count). The van der Waals surface area contributed by atoms with Gasteiger partial charge in [0.25, 0.3) is 5.91 Å². The molecule has 1 amide bonds. The first-order valence-electron chi connectivity index (χ1n) is 7.46. The van der Waals surface area contributed by atoms with E-state index in [1.54, 1.807) is 11.3 Å². The van der Waals surface area contributed by atoms with Crippen LogP contribution in [0.4, 0.5) is 5.13 Å². The largest absolute Gasteiger partial charge is 0.352 e. The van der Waals surface area contributed by atoms with Crippen molar-refractivity contribution in [2.24, 2.45) is 0 Å². The molecule has 0 aliphatic carbocycles. The lowest BCUT2D eigenvalue weighted by Gasteiger charge is -2.12. The molecule has 0 spiro atoms. The van der Waals surface area contributed by atoms with E-state index in [9.17, 15) is 4.79 Å². The van der Waals surface area contributed by atoms with Gasteiger partial charge in [-0.2, -0.15) is 0 Å². The van der Waals surface area contributed by atoms with Crippen LogP contribution in [-0.4, -0.2) is 30.5 Å². The van der Waals surface area contributed by atoms with Gasteiger partial charge in [0.05, 0.1) is 11.3 Å². The first-order chi connectivity index (χ1) is 10.7. The number of hydrogen-bond donors (Lipinski definition) is 1. The maximum absolute atomic E-state index is 12.1. The molecule has 0 saturated carbocycles. The number of halogens is 1.